The number of anilines is 1. The molecule has 0 saturated heterocycles. The zero-order valence-corrected chi connectivity index (χ0v) is 12.7. The van der Waals surface area contributed by atoms with Crippen molar-refractivity contribution in [2.24, 2.45) is 5.92 Å². The van der Waals surface area contributed by atoms with E-state index in [1.165, 1.54) is 0 Å². The first-order chi connectivity index (χ1) is 10.6. The Bertz CT molecular complexity index is 775. The number of ketones is 1. The summed E-state index contributed by atoms with van der Waals surface area (Å²) in [7, 11) is 0. The molecule has 2 heterocycles. The summed E-state index contributed by atoms with van der Waals surface area (Å²) in [6, 6.07) is 9.90. The van der Waals surface area contributed by atoms with Crippen LogP contribution in [0.1, 0.15) is 37.2 Å². The maximum atomic E-state index is 12.7. The predicted molar refractivity (Wildman–Crippen MR) is 83.4 cm³/mol. The van der Waals surface area contributed by atoms with Gasteiger partial charge in [-0.1, -0.05) is 37.3 Å². The molecule has 2 atom stereocenters. The van der Waals surface area contributed by atoms with Gasteiger partial charge in [0.25, 0.3) is 0 Å². The molecule has 1 aromatic heterocycles. The van der Waals surface area contributed by atoms with Crippen molar-refractivity contribution in [2.75, 3.05) is 5.32 Å². The molecule has 0 fully saturated rings. The highest BCUT2D eigenvalue weighted by Crippen LogP contribution is 2.41. The molecule has 112 valence electrons. The lowest BCUT2D eigenvalue weighted by Crippen LogP contribution is -2.33. The molecule has 1 aliphatic heterocycles. The summed E-state index contributed by atoms with van der Waals surface area (Å²) in [5.74, 6) is 2.02. The molecule has 1 aliphatic carbocycles. The maximum Gasteiger partial charge on any atom is 0.226 e. The van der Waals surface area contributed by atoms with Crippen LogP contribution in [0.2, 0.25) is 0 Å². The van der Waals surface area contributed by atoms with Crippen LogP contribution in [0, 0.1) is 12.8 Å². The van der Waals surface area contributed by atoms with Crippen LogP contribution in [-0.4, -0.2) is 20.5 Å². The first kappa shape index (κ1) is 13.2. The molecule has 2 aromatic rings. The molecule has 1 aromatic carbocycles. The molecule has 4 rings (SSSR count). The van der Waals surface area contributed by atoms with Gasteiger partial charge in [0.2, 0.25) is 5.95 Å². The maximum absolute atomic E-state index is 12.7. The van der Waals surface area contributed by atoms with Crippen molar-refractivity contribution in [3.8, 4) is 0 Å². The number of nitrogens with one attached hydrogen (secondary N) is 1. The van der Waals surface area contributed by atoms with Crippen molar-refractivity contribution in [3.63, 3.8) is 0 Å². The Hall–Kier alpha value is -2.43. The first-order valence-electron chi connectivity index (χ1n) is 7.65. The lowest BCUT2D eigenvalue weighted by Gasteiger charge is -2.34. The van der Waals surface area contributed by atoms with E-state index in [0.29, 0.717) is 18.2 Å². The predicted octanol–water partition coefficient (Wildman–Crippen LogP) is 2.85. The Morgan fingerprint density at radius 3 is 2.77 bits per heavy atom. The normalized spacial score (nSPS) is 23.8. The molecule has 22 heavy (non-hydrogen) atoms. The van der Waals surface area contributed by atoms with E-state index < -0.39 is 0 Å². The van der Waals surface area contributed by atoms with E-state index in [9.17, 15) is 4.79 Å². The van der Waals surface area contributed by atoms with Gasteiger partial charge in [-0.05, 0) is 24.8 Å². The van der Waals surface area contributed by atoms with Crippen molar-refractivity contribution >= 4 is 11.7 Å². The van der Waals surface area contributed by atoms with E-state index in [1.54, 1.807) is 0 Å². The average Bonchev–Trinajstić information content (AvgIpc) is 2.85. The van der Waals surface area contributed by atoms with Crippen molar-refractivity contribution < 1.29 is 4.79 Å². The highest BCUT2D eigenvalue weighted by atomic mass is 16.1. The fourth-order valence-corrected chi connectivity index (χ4v) is 3.46. The molecule has 2 unspecified atom stereocenters. The summed E-state index contributed by atoms with van der Waals surface area (Å²) in [4.78, 5) is 17.1. The van der Waals surface area contributed by atoms with Crippen LogP contribution in [0.15, 0.2) is 41.6 Å². The molecule has 5 heteroatoms. The van der Waals surface area contributed by atoms with Crippen LogP contribution in [0.25, 0.3) is 0 Å². The Morgan fingerprint density at radius 1 is 1.23 bits per heavy atom. The van der Waals surface area contributed by atoms with Crippen molar-refractivity contribution in [2.45, 2.75) is 32.7 Å². The van der Waals surface area contributed by atoms with Crippen LogP contribution in [0.5, 0.6) is 0 Å². The molecule has 0 bridgehead atoms. The van der Waals surface area contributed by atoms with Gasteiger partial charge in [0.1, 0.15) is 11.9 Å². The van der Waals surface area contributed by atoms with E-state index in [0.717, 1.165) is 29.2 Å². The number of fused-ring (bicyclic) bond motifs is 1. The number of nitrogens with zero attached hydrogens (tertiary/aromatic N) is 3. The van der Waals surface area contributed by atoms with Gasteiger partial charge in [-0.15, -0.1) is 0 Å². The molecular weight excluding hydrogens is 276 g/mol. The first-order valence-corrected chi connectivity index (χ1v) is 7.65. The van der Waals surface area contributed by atoms with Gasteiger partial charge in [0, 0.05) is 17.7 Å². The SMILES string of the molecule is Cc1nc2n(n1)C(c1ccccc1)C1=C(CC(C)CC1=O)N2. The summed E-state index contributed by atoms with van der Waals surface area (Å²) in [6.07, 6.45) is 1.49. The minimum absolute atomic E-state index is 0.173. The minimum Gasteiger partial charge on any atom is -0.328 e. The largest absolute Gasteiger partial charge is 0.328 e. The minimum atomic E-state index is -0.173. The van der Waals surface area contributed by atoms with Gasteiger partial charge in [0.15, 0.2) is 5.78 Å². The summed E-state index contributed by atoms with van der Waals surface area (Å²) >= 11 is 0. The fourth-order valence-electron chi connectivity index (χ4n) is 3.46. The van der Waals surface area contributed by atoms with E-state index in [2.05, 4.69) is 22.3 Å². The molecule has 1 N–H and O–H groups in total. The van der Waals surface area contributed by atoms with Gasteiger partial charge in [-0.2, -0.15) is 10.1 Å². The van der Waals surface area contributed by atoms with Crippen LogP contribution in [-0.2, 0) is 4.79 Å². The summed E-state index contributed by atoms with van der Waals surface area (Å²) in [6.45, 7) is 3.99. The van der Waals surface area contributed by atoms with Crippen molar-refractivity contribution in [1.29, 1.82) is 0 Å². The van der Waals surface area contributed by atoms with E-state index in [-0.39, 0.29) is 11.8 Å². The second-order valence-electron chi connectivity index (χ2n) is 6.19. The van der Waals surface area contributed by atoms with E-state index in [4.69, 9.17) is 0 Å². The second-order valence-corrected chi connectivity index (χ2v) is 6.19. The van der Waals surface area contributed by atoms with Crippen molar-refractivity contribution in [1.82, 2.24) is 14.8 Å². The Labute approximate surface area is 129 Å². The Morgan fingerprint density at radius 2 is 2.00 bits per heavy atom. The number of aromatic nitrogens is 3. The van der Waals surface area contributed by atoms with Crippen LogP contribution < -0.4 is 5.32 Å². The third-order valence-corrected chi connectivity index (χ3v) is 4.35. The third-order valence-electron chi connectivity index (χ3n) is 4.35. The van der Waals surface area contributed by atoms with Gasteiger partial charge < -0.3 is 5.32 Å². The van der Waals surface area contributed by atoms with Crippen LogP contribution >= 0.6 is 0 Å². The molecule has 0 saturated carbocycles. The van der Waals surface area contributed by atoms with Crippen molar-refractivity contribution in [3.05, 3.63) is 53.0 Å². The number of Topliss-reactive ketones (excluding diaryl/α,β-unsaturated/α-hetero) is 1. The number of hydrogen-bond donors (Lipinski definition) is 1. The molecule has 2 aliphatic rings. The Balaban J connectivity index is 1.92. The van der Waals surface area contributed by atoms with E-state index >= 15 is 0 Å². The highest BCUT2D eigenvalue weighted by molar-refractivity contribution is 5.99. The lowest BCUT2D eigenvalue weighted by atomic mass is 9.81. The zero-order valence-electron chi connectivity index (χ0n) is 12.7. The molecule has 5 nitrogen and oxygen atoms in total. The number of aryl methyl sites for hydroxylation is 1. The number of carbonyl (C=O) groups is 1. The average molecular weight is 294 g/mol. The molecule has 0 spiro atoms. The molecular formula is C17H18N4O. The number of carbonyl (C=O) groups excluding carboxylic acids is 1. The van der Waals surface area contributed by atoms with Crippen LogP contribution in [0.3, 0.4) is 0 Å². The zero-order chi connectivity index (χ0) is 15.3. The number of rotatable bonds is 1. The smallest absolute Gasteiger partial charge is 0.226 e. The van der Waals surface area contributed by atoms with E-state index in [1.807, 2.05) is 41.9 Å². The molecule has 0 amide bonds. The number of allylic oxidation sites excluding steroid dienone is 2. The highest BCUT2D eigenvalue weighted by Gasteiger charge is 2.38. The van der Waals surface area contributed by atoms with Gasteiger partial charge in [-0.25, -0.2) is 4.68 Å². The third kappa shape index (κ3) is 1.96. The summed E-state index contributed by atoms with van der Waals surface area (Å²) < 4.78 is 1.84. The quantitative estimate of drug-likeness (QED) is 0.878. The standard InChI is InChI=1S/C17H18N4O/c1-10-8-13-15(14(22)9-10)16(12-6-4-3-5-7-12)21-17(19-13)18-11(2)20-21/h3-7,10,16H,8-9H2,1-2H3,(H,18,19,20). The van der Waals surface area contributed by atoms with Gasteiger partial charge in [0.05, 0.1) is 0 Å². The lowest BCUT2D eigenvalue weighted by molar-refractivity contribution is -0.117. The van der Waals surface area contributed by atoms with Gasteiger partial charge in [-0.3, -0.25) is 4.79 Å². The summed E-state index contributed by atoms with van der Waals surface area (Å²) in [5, 5.41) is 7.84. The Kier molecular flexibility index (Phi) is 2.89. The molecule has 0 radical (unpaired) electrons. The number of benzene rings is 1. The second kappa shape index (κ2) is 4.80. The van der Waals surface area contributed by atoms with Crippen LogP contribution in [0.4, 0.5) is 5.95 Å². The van der Waals surface area contributed by atoms with Gasteiger partial charge >= 0.3 is 0 Å². The topological polar surface area (TPSA) is 59.8 Å². The number of hydrogen-bond acceptors (Lipinski definition) is 4. The fraction of sp³-hybridized carbons (Fsp3) is 0.353. The summed E-state index contributed by atoms with van der Waals surface area (Å²) in [5.41, 5.74) is 2.93. The monoisotopic (exact) mass is 294 g/mol.